The Morgan fingerprint density at radius 3 is 2.59 bits per heavy atom. The van der Waals surface area contributed by atoms with Gasteiger partial charge in [-0.2, -0.15) is 5.10 Å². The fourth-order valence-corrected chi connectivity index (χ4v) is 3.39. The maximum absolute atomic E-state index is 12.6. The molecule has 0 bridgehead atoms. The minimum atomic E-state index is 0.0796. The number of nitrogens with zero attached hydrogens (tertiary/aromatic N) is 6. The number of carbonyl (C=O) groups is 1. The van der Waals surface area contributed by atoms with Crippen molar-refractivity contribution >= 4 is 28.4 Å². The van der Waals surface area contributed by atoms with E-state index in [0.717, 1.165) is 37.2 Å². The molecule has 0 spiro atoms. The highest BCUT2D eigenvalue weighted by atomic mass is 16.2. The van der Waals surface area contributed by atoms with Crippen LogP contribution in [0.1, 0.15) is 5.82 Å². The second-order valence-corrected chi connectivity index (χ2v) is 6.68. The lowest BCUT2D eigenvalue weighted by Crippen LogP contribution is -2.50. The molecular formula is C19H23N7O. The average Bonchev–Trinajstić information content (AvgIpc) is 3.07. The maximum Gasteiger partial charge on any atom is 0.242 e. The number of aryl methyl sites for hydroxylation is 2. The van der Waals surface area contributed by atoms with Gasteiger partial charge in [0, 0.05) is 38.9 Å². The topological polar surface area (TPSA) is 79.2 Å². The molecule has 1 amide bonds. The van der Waals surface area contributed by atoms with E-state index in [1.165, 1.54) is 5.69 Å². The summed E-state index contributed by atoms with van der Waals surface area (Å²) in [5.41, 5.74) is 1.96. The van der Waals surface area contributed by atoms with Gasteiger partial charge in [-0.1, -0.05) is 18.2 Å². The van der Waals surface area contributed by atoms with Crippen LogP contribution in [0.2, 0.25) is 0 Å². The van der Waals surface area contributed by atoms with Crippen molar-refractivity contribution in [2.45, 2.75) is 6.92 Å². The molecule has 1 fully saturated rings. The van der Waals surface area contributed by atoms with E-state index in [-0.39, 0.29) is 12.5 Å². The molecule has 27 heavy (non-hydrogen) atoms. The Morgan fingerprint density at radius 2 is 1.85 bits per heavy atom. The van der Waals surface area contributed by atoms with Gasteiger partial charge in [0.2, 0.25) is 5.91 Å². The molecule has 1 aromatic carbocycles. The number of fused-ring (bicyclic) bond motifs is 1. The standard InChI is InChI=1S/C19H23N7O/c1-14-22-18(16-12-21-24(2)19(16)23-14)20-13-17(27)26-10-8-25(9-11-26)15-6-4-3-5-7-15/h3-7,12H,8-11,13H2,1-2H3,(H,20,22,23). The van der Waals surface area contributed by atoms with E-state index >= 15 is 0 Å². The Morgan fingerprint density at radius 1 is 1.11 bits per heavy atom. The number of para-hydroxylation sites is 1. The fraction of sp³-hybridized carbons (Fsp3) is 0.368. The number of hydrogen-bond donors (Lipinski definition) is 1. The summed E-state index contributed by atoms with van der Waals surface area (Å²) < 4.78 is 1.71. The molecule has 0 radical (unpaired) electrons. The van der Waals surface area contributed by atoms with Crippen molar-refractivity contribution in [2.75, 3.05) is 42.9 Å². The molecule has 1 N–H and O–H groups in total. The van der Waals surface area contributed by atoms with Crippen molar-refractivity contribution in [1.82, 2.24) is 24.6 Å². The van der Waals surface area contributed by atoms with Crippen molar-refractivity contribution in [3.05, 3.63) is 42.4 Å². The molecule has 8 nitrogen and oxygen atoms in total. The van der Waals surface area contributed by atoms with Crippen molar-refractivity contribution in [3.63, 3.8) is 0 Å². The number of nitrogens with one attached hydrogen (secondary N) is 1. The molecule has 0 aliphatic carbocycles. The van der Waals surface area contributed by atoms with E-state index in [2.05, 4.69) is 37.4 Å². The third kappa shape index (κ3) is 3.55. The number of rotatable bonds is 4. The first-order chi connectivity index (χ1) is 13.1. The zero-order valence-electron chi connectivity index (χ0n) is 15.6. The summed E-state index contributed by atoms with van der Waals surface area (Å²) in [6, 6.07) is 10.3. The average molecular weight is 365 g/mol. The predicted molar refractivity (Wildman–Crippen MR) is 105 cm³/mol. The monoisotopic (exact) mass is 365 g/mol. The highest BCUT2D eigenvalue weighted by molar-refractivity contribution is 5.89. The molecule has 3 heterocycles. The van der Waals surface area contributed by atoms with Gasteiger partial charge in [-0.15, -0.1) is 0 Å². The number of amides is 1. The summed E-state index contributed by atoms with van der Waals surface area (Å²) in [5, 5.41) is 8.22. The van der Waals surface area contributed by atoms with E-state index in [9.17, 15) is 4.79 Å². The molecule has 0 saturated carbocycles. The van der Waals surface area contributed by atoms with Crippen LogP contribution in [0.25, 0.3) is 11.0 Å². The minimum absolute atomic E-state index is 0.0796. The Labute approximate surface area is 157 Å². The first-order valence-electron chi connectivity index (χ1n) is 9.10. The largest absolute Gasteiger partial charge is 0.368 e. The van der Waals surface area contributed by atoms with Crippen LogP contribution in [0.15, 0.2) is 36.5 Å². The van der Waals surface area contributed by atoms with Crippen LogP contribution in [0, 0.1) is 6.92 Å². The van der Waals surface area contributed by atoms with Gasteiger partial charge in [0.15, 0.2) is 5.65 Å². The number of piperazine rings is 1. The van der Waals surface area contributed by atoms with E-state index in [0.29, 0.717) is 11.6 Å². The smallest absolute Gasteiger partial charge is 0.242 e. The highest BCUT2D eigenvalue weighted by Gasteiger charge is 2.21. The zero-order chi connectivity index (χ0) is 18.8. The summed E-state index contributed by atoms with van der Waals surface area (Å²) >= 11 is 0. The molecule has 1 aliphatic heterocycles. The summed E-state index contributed by atoms with van der Waals surface area (Å²) in [4.78, 5) is 25.7. The minimum Gasteiger partial charge on any atom is -0.368 e. The van der Waals surface area contributed by atoms with Crippen LogP contribution in [-0.2, 0) is 11.8 Å². The summed E-state index contributed by atoms with van der Waals surface area (Å²) in [6.45, 7) is 5.18. The van der Waals surface area contributed by atoms with Gasteiger partial charge in [0.05, 0.1) is 18.1 Å². The lowest BCUT2D eigenvalue weighted by Gasteiger charge is -2.36. The van der Waals surface area contributed by atoms with E-state index in [1.54, 1.807) is 10.9 Å². The highest BCUT2D eigenvalue weighted by Crippen LogP contribution is 2.19. The molecule has 140 valence electrons. The predicted octanol–water partition coefficient (Wildman–Crippen LogP) is 1.43. The van der Waals surface area contributed by atoms with Crippen molar-refractivity contribution in [3.8, 4) is 0 Å². The lowest BCUT2D eigenvalue weighted by atomic mass is 10.2. The third-order valence-electron chi connectivity index (χ3n) is 4.86. The van der Waals surface area contributed by atoms with Gasteiger partial charge in [-0.25, -0.2) is 9.97 Å². The molecule has 2 aromatic heterocycles. The van der Waals surface area contributed by atoms with Crippen molar-refractivity contribution in [2.24, 2.45) is 7.05 Å². The van der Waals surface area contributed by atoms with Crippen LogP contribution in [-0.4, -0.2) is 63.3 Å². The van der Waals surface area contributed by atoms with Gasteiger partial charge < -0.3 is 15.1 Å². The summed E-state index contributed by atoms with van der Waals surface area (Å²) in [6.07, 6.45) is 1.72. The van der Waals surface area contributed by atoms with Crippen molar-refractivity contribution < 1.29 is 4.79 Å². The van der Waals surface area contributed by atoms with Crippen LogP contribution in [0.5, 0.6) is 0 Å². The number of aromatic nitrogens is 4. The fourth-order valence-electron chi connectivity index (χ4n) is 3.39. The zero-order valence-corrected chi connectivity index (χ0v) is 15.6. The van der Waals surface area contributed by atoms with Gasteiger partial charge in [0.1, 0.15) is 11.6 Å². The SMILES string of the molecule is Cc1nc(NCC(=O)N2CCN(c3ccccc3)CC2)c2cnn(C)c2n1. The Balaban J connectivity index is 1.37. The number of benzene rings is 1. The normalized spacial score (nSPS) is 14.6. The first kappa shape index (κ1) is 17.3. The van der Waals surface area contributed by atoms with Gasteiger partial charge in [-0.3, -0.25) is 9.48 Å². The van der Waals surface area contributed by atoms with Gasteiger partial charge >= 0.3 is 0 Å². The van der Waals surface area contributed by atoms with Crippen LogP contribution >= 0.6 is 0 Å². The van der Waals surface area contributed by atoms with E-state index < -0.39 is 0 Å². The second kappa shape index (κ2) is 7.22. The maximum atomic E-state index is 12.6. The number of anilines is 2. The Bertz CT molecular complexity index is 945. The molecular weight excluding hydrogens is 342 g/mol. The lowest BCUT2D eigenvalue weighted by molar-refractivity contribution is -0.129. The molecule has 0 unspecified atom stereocenters. The second-order valence-electron chi connectivity index (χ2n) is 6.68. The van der Waals surface area contributed by atoms with Crippen LogP contribution in [0.4, 0.5) is 11.5 Å². The summed E-state index contributed by atoms with van der Waals surface area (Å²) in [7, 11) is 1.84. The van der Waals surface area contributed by atoms with Crippen LogP contribution < -0.4 is 10.2 Å². The molecule has 8 heteroatoms. The Hall–Kier alpha value is -3.16. The number of carbonyl (C=O) groups excluding carboxylic acids is 1. The van der Waals surface area contributed by atoms with Gasteiger partial charge in [0.25, 0.3) is 0 Å². The summed E-state index contributed by atoms with van der Waals surface area (Å²) in [5.74, 6) is 1.38. The van der Waals surface area contributed by atoms with Crippen molar-refractivity contribution in [1.29, 1.82) is 0 Å². The molecule has 0 atom stereocenters. The number of hydrogen-bond acceptors (Lipinski definition) is 6. The third-order valence-corrected chi connectivity index (χ3v) is 4.86. The van der Waals surface area contributed by atoms with Gasteiger partial charge in [-0.05, 0) is 19.1 Å². The quantitative estimate of drug-likeness (QED) is 0.754. The van der Waals surface area contributed by atoms with E-state index in [1.807, 2.05) is 37.1 Å². The molecule has 1 aliphatic rings. The van der Waals surface area contributed by atoms with Crippen LogP contribution in [0.3, 0.4) is 0 Å². The molecule has 4 rings (SSSR count). The Kier molecular flexibility index (Phi) is 4.62. The molecule has 3 aromatic rings. The first-order valence-corrected chi connectivity index (χ1v) is 9.10. The van der Waals surface area contributed by atoms with E-state index in [4.69, 9.17) is 0 Å². The molecule has 1 saturated heterocycles.